The lowest BCUT2D eigenvalue weighted by molar-refractivity contribution is -0.870. The van der Waals surface area contributed by atoms with Crippen molar-refractivity contribution < 1.29 is 37.3 Å². The molecule has 0 radical (unpaired) electrons. The number of carbonyl (C=O) groups is 1. The average molecular weight is 762 g/mol. The van der Waals surface area contributed by atoms with E-state index in [0.29, 0.717) is 24.1 Å². The molecule has 0 aromatic heterocycles. The van der Waals surface area contributed by atoms with Crippen molar-refractivity contribution >= 4 is 13.8 Å². The van der Waals surface area contributed by atoms with Gasteiger partial charge in [-0.2, -0.15) is 0 Å². The summed E-state index contributed by atoms with van der Waals surface area (Å²) < 4.78 is 34.5. The maximum atomic E-state index is 12.7. The van der Waals surface area contributed by atoms with Gasteiger partial charge in [0.15, 0.2) is 0 Å². The Hall–Kier alpha value is -0.500. The van der Waals surface area contributed by atoms with Crippen LogP contribution in [-0.2, 0) is 27.9 Å². The van der Waals surface area contributed by atoms with Crippen LogP contribution in [0.5, 0.6) is 0 Å². The molecule has 0 rings (SSSR count). The zero-order valence-corrected chi connectivity index (χ0v) is 36.2. The minimum absolute atomic E-state index is 0.0312. The molecule has 0 amide bonds. The van der Waals surface area contributed by atoms with Gasteiger partial charge in [-0.25, -0.2) is 0 Å². The summed E-state index contributed by atoms with van der Waals surface area (Å²) in [5.74, 6) is -0.328. The lowest BCUT2D eigenvalue weighted by Gasteiger charge is -2.28. The number of ether oxygens (including phenoxy) is 2. The van der Waals surface area contributed by atoms with Crippen LogP contribution in [0.1, 0.15) is 213 Å². The molecule has 52 heavy (non-hydrogen) atoms. The normalized spacial score (nSPS) is 13.7. The Labute approximate surface area is 323 Å². The van der Waals surface area contributed by atoms with E-state index in [4.69, 9.17) is 18.5 Å². The molecule has 0 aromatic carbocycles. The maximum absolute atomic E-state index is 12.7. The number of phosphoric acid groups is 1. The van der Waals surface area contributed by atoms with E-state index < -0.39 is 13.9 Å². The highest BCUT2D eigenvalue weighted by atomic mass is 31.2. The zero-order chi connectivity index (χ0) is 38.4. The van der Waals surface area contributed by atoms with Crippen molar-refractivity contribution in [1.29, 1.82) is 0 Å². The van der Waals surface area contributed by atoms with Crippen LogP contribution < -0.4 is 4.89 Å². The van der Waals surface area contributed by atoms with Crippen LogP contribution in [0.15, 0.2) is 0 Å². The van der Waals surface area contributed by atoms with E-state index in [1.165, 1.54) is 161 Å². The summed E-state index contributed by atoms with van der Waals surface area (Å²) in [5.41, 5.74) is 0. The fourth-order valence-electron chi connectivity index (χ4n) is 6.43. The number of phosphoric ester groups is 1. The predicted molar refractivity (Wildman–Crippen MR) is 218 cm³/mol. The Kier molecular flexibility index (Phi) is 37.1. The largest absolute Gasteiger partial charge is 0.756 e. The fraction of sp³-hybridized carbons (Fsp3) is 0.977. The minimum atomic E-state index is -4.51. The molecule has 8 nitrogen and oxygen atoms in total. The van der Waals surface area contributed by atoms with Gasteiger partial charge in [-0.05, 0) is 12.8 Å². The number of rotatable bonds is 42. The third-order valence-corrected chi connectivity index (χ3v) is 10.9. The van der Waals surface area contributed by atoms with E-state index in [2.05, 4.69) is 13.8 Å². The van der Waals surface area contributed by atoms with Crippen LogP contribution in [0.3, 0.4) is 0 Å². The molecule has 2 unspecified atom stereocenters. The van der Waals surface area contributed by atoms with Crippen molar-refractivity contribution in [2.24, 2.45) is 0 Å². The van der Waals surface area contributed by atoms with Gasteiger partial charge in [0.25, 0.3) is 7.82 Å². The van der Waals surface area contributed by atoms with E-state index in [1.54, 1.807) is 0 Å². The fourth-order valence-corrected chi connectivity index (χ4v) is 7.16. The van der Waals surface area contributed by atoms with Crippen LogP contribution in [0.4, 0.5) is 0 Å². The molecule has 0 heterocycles. The molecule has 0 fully saturated rings. The number of carbonyl (C=O) groups excluding carboxylic acids is 1. The molecular weight excluding hydrogens is 673 g/mol. The third kappa shape index (κ3) is 40.7. The maximum Gasteiger partial charge on any atom is 0.306 e. The SMILES string of the molecule is CCCCCCCCCCCCCCCCCCCCCCC(=O)OC(COCCCCCCCCCCCC)COP(=O)([O-])OCC[N+](C)(C)C. The Morgan fingerprint density at radius 3 is 1.27 bits per heavy atom. The molecule has 0 N–H and O–H groups in total. The van der Waals surface area contributed by atoms with Crippen LogP contribution in [0.25, 0.3) is 0 Å². The number of hydrogen-bond donors (Lipinski definition) is 0. The summed E-state index contributed by atoms with van der Waals surface area (Å²) in [5, 5.41) is 0. The van der Waals surface area contributed by atoms with Gasteiger partial charge >= 0.3 is 5.97 Å². The number of nitrogens with zero attached hydrogens (tertiary/aromatic N) is 1. The Morgan fingerprint density at radius 1 is 0.519 bits per heavy atom. The minimum Gasteiger partial charge on any atom is -0.756 e. The van der Waals surface area contributed by atoms with Gasteiger partial charge in [0.1, 0.15) is 19.3 Å². The van der Waals surface area contributed by atoms with Crippen LogP contribution in [-0.4, -0.2) is 70.7 Å². The summed E-state index contributed by atoms with van der Waals surface area (Å²) in [6, 6.07) is 0. The van der Waals surface area contributed by atoms with Crippen LogP contribution in [0, 0.1) is 0 Å². The van der Waals surface area contributed by atoms with Gasteiger partial charge in [0, 0.05) is 13.0 Å². The second-order valence-electron chi connectivity index (χ2n) is 16.4. The van der Waals surface area contributed by atoms with Gasteiger partial charge in [0.05, 0.1) is 34.4 Å². The van der Waals surface area contributed by atoms with E-state index in [1.807, 2.05) is 21.1 Å². The molecule has 0 aliphatic rings. The summed E-state index contributed by atoms with van der Waals surface area (Å²) in [6.07, 6.45) is 38.3. The second kappa shape index (κ2) is 37.4. The molecule has 2 atom stereocenters. The van der Waals surface area contributed by atoms with E-state index in [9.17, 15) is 14.3 Å². The molecule has 312 valence electrons. The monoisotopic (exact) mass is 762 g/mol. The number of likely N-dealkylation sites (N-methyl/N-ethyl adjacent to an activating group) is 1. The van der Waals surface area contributed by atoms with Crippen molar-refractivity contribution in [2.75, 3.05) is 54.1 Å². The van der Waals surface area contributed by atoms with Gasteiger partial charge in [0.2, 0.25) is 0 Å². The van der Waals surface area contributed by atoms with Crippen molar-refractivity contribution in [3.8, 4) is 0 Å². The Bertz CT molecular complexity index is 807. The smallest absolute Gasteiger partial charge is 0.306 e. The second-order valence-corrected chi connectivity index (χ2v) is 17.8. The Balaban J connectivity index is 4.09. The molecule has 9 heteroatoms. The van der Waals surface area contributed by atoms with Gasteiger partial charge < -0.3 is 27.9 Å². The molecule has 0 bridgehead atoms. The number of esters is 1. The first-order valence-electron chi connectivity index (χ1n) is 22.3. The molecular formula is C43H88NO7P. The lowest BCUT2D eigenvalue weighted by atomic mass is 10.0. The molecule has 0 saturated heterocycles. The van der Waals surface area contributed by atoms with Crippen molar-refractivity contribution in [3.63, 3.8) is 0 Å². The first kappa shape index (κ1) is 51.5. The van der Waals surface area contributed by atoms with Crippen molar-refractivity contribution in [3.05, 3.63) is 0 Å². The number of quaternary nitrogens is 1. The average Bonchev–Trinajstić information content (AvgIpc) is 3.09. The quantitative estimate of drug-likeness (QED) is 0.0264. The molecule has 0 spiro atoms. The third-order valence-electron chi connectivity index (χ3n) is 9.91. The van der Waals surface area contributed by atoms with E-state index >= 15 is 0 Å². The molecule has 0 aliphatic carbocycles. The number of unbranched alkanes of at least 4 members (excludes halogenated alkanes) is 28. The highest BCUT2D eigenvalue weighted by molar-refractivity contribution is 7.45. The van der Waals surface area contributed by atoms with Crippen LogP contribution in [0.2, 0.25) is 0 Å². The summed E-state index contributed by atoms with van der Waals surface area (Å²) in [7, 11) is 1.37. The molecule has 0 aliphatic heterocycles. The zero-order valence-electron chi connectivity index (χ0n) is 35.3. The lowest BCUT2D eigenvalue weighted by Crippen LogP contribution is -2.37. The summed E-state index contributed by atoms with van der Waals surface area (Å²) in [4.78, 5) is 25.0. The Morgan fingerprint density at radius 2 is 0.885 bits per heavy atom. The topological polar surface area (TPSA) is 94.1 Å². The predicted octanol–water partition coefficient (Wildman–Crippen LogP) is 12.3. The van der Waals surface area contributed by atoms with Crippen molar-refractivity contribution in [2.45, 2.75) is 219 Å². The number of hydrogen-bond acceptors (Lipinski definition) is 7. The van der Waals surface area contributed by atoms with Gasteiger partial charge in [-0.1, -0.05) is 194 Å². The summed E-state index contributed by atoms with van der Waals surface area (Å²) >= 11 is 0. The van der Waals surface area contributed by atoms with Crippen LogP contribution >= 0.6 is 7.82 Å². The molecule has 0 aromatic rings. The van der Waals surface area contributed by atoms with Gasteiger partial charge in [-0.3, -0.25) is 9.36 Å². The van der Waals surface area contributed by atoms with E-state index in [0.717, 1.165) is 32.1 Å². The molecule has 0 saturated carbocycles. The summed E-state index contributed by atoms with van der Waals surface area (Å²) in [6.45, 7) is 5.45. The van der Waals surface area contributed by atoms with E-state index in [-0.39, 0.29) is 25.8 Å². The first-order chi connectivity index (χ1) is 25.1. The van der Waals surface area contributed by atoms with Gasteiger partial charge in [-0.15, -0.1) is 0 Å². The van der Waals surface area contributed by atoms with Crippen molar-refractivity contribution in [1.82, 2.24) is 0 Å². The standard InChI is InChI=1S/C43H88NO7P/c1-6-8-10-12-14-16-18-19-20-21-22-23-24-25-26-27-28-30-32-34-36-43(45)51-42(41-50-52(46,47)49-39-37-44(3,4)5)40-48-38-35-33-31-29-17-15-13-11-9-7-2/h42H,6-41H2,1-5H3. The first-order valence-corrected chi connectivity index (χ1v) is 23.7. The highest BCUT2D eigenvalue weighted by Gasteiger charge is 2.20. The highest BCUT2D eigenvalue weighted by Crippen LogP contribution is 2.38.